The average molecular weight is 395 g/mol. The summed E-state index contributed by atoms with van der Waals surface area (Å²) in [7, 11) is 0. The maximum Gasteiger partial charge on any atom is 0.277 e. The highest BCUT2D eigenvalue weighted by molar-refractivity contribution is 5.83. The molecule has 0 bridgehead atoms. The van der Waals surface area contributed by atoms with Crippen LogP contribution in [0.15, 0.2) is 59.7 Å². The van der Waals surface area contributed by atoms with Crippen LogP contribution in [0.3, 0.4) is 0 Å². The first-order valence-electron chi connectivity index (χ1n) is 9.71. The largest absolute Gasteiger partial charge is 0.484 e. The number of amides is 2. The minimum Gasteiger partial charge on any atom is -0.484 e. The molecule has 7 heteroatoms. The van der Waals surface area contributed by atoms with Crippen molar-refractivity contribution in [3.05, 3.63) is 60.2 Å². The molecule has 29 heavy (non-hydrogen) atoms. The second-order valence-electron chi connectivity index (χ2n) is 6.69. The molecule has 1 fully saturated rings. The van der Waals surface area contributed by atoms with E-state index in [0.29, 0.717) is 11.5 Å². The number of benzene rings is 2. The zero-order valence-electron chi connectivity index (χ0n) is 16.3. The predicted octanol–water partition coefficient (Wildman–Crippen LogP) is 2.61. The van der Waals surface area contributed by atoms with Crippen LogP contribution < -0.4 is 14.9 Å². The lowest BCUT2D eigenvalue weighted by Gasteiger charge is -2.26. The van der Waals surface area contributed by atoms with Gasteiger partial charge in [0, 0.05) is 13.1 Å². The third-order valence-electron chi connectivity index (χ3n) is 4.47. The standard InChI is InChI=1S/C22H25N3O4/c26-21(16-28-19-7-3-1-4-8-19)24-23-15-18-9-11-20(12-10-18)29-17-22(27)25-13-5-2-6-14-25/h1,3-4,7-12,15H,2,5-6,13-14,16-17H2,(H,24,26)/b23-15-. The van der Waals surface area contributed by atoms with E-state index in [0.717, 1.165) is 31.5 Å². The maximum atomic E-state index is 12.1. The zero-order valence-corrected chi connectivity index (χ0v) is 16.3. The van der Waals surface area contributed by atoms with Crippen LogP contribution in [-0.2, 0) is 9.59 Å². The van der Waals surface area contributed by atoms with Crippen molar-refractivity contribution in [3.63, 3.8) is 0 Å². The number of hydrazone groups is 1. The molecular formula is C22H25N3O4. The summed E-state index contributed by atoms with van der Waals surface area (Å²) >= 11 is 0. The Hall–Kier alpha value is -3.35. The lowest BCUT2D eigenvalue weighted by Crippen LogP contribution is -2.38. The highest BCUT2D eigenvalue weighted by Crippen LogP contribution is 2.13. The minimum absolute atomic E-state index is 0.0239. The SMILES string of the molecule is O=C(COc1ccccc1)N/N=C\c1ccc(OCC(=O)N2CCCCC2)cc1. The van der Waals surface area contributed by atoms with Gasteiger partial charge in [-0.2, -0.15) is 5.10 Å². The van der Waals surface area contributed by atoms with Gasteiger partial charge in [0.15, 0.2) is 13.2 Å². The smallest absolute Gasteiger partial charge is 0.277 e. The van der Waals surface area contributed by atoms with Crippen LogP contribution in [0.2, 0.25) is 0 Å². The van der Waals surface area contributed by atoms with Crippen molar-refractivity contribution in [2.75, 3.05) is 26.3 Å². The van der Waals surface area contributed by atoms with E-state index in [9.17, 15) is 9.59 Å². The Bertz CT molecular complexity index is 816. The topological polar surface area (TPSA) is 80.2 Å². The summed E-state index contributed by atoms with van der Waals surface area (Å²) < 4.78 is 10.9. The molecule has 0 atom stereocenters. The predicted molar refractivity (Wildman–Crippen MR) is 110 cm³/mol. The van der Waals surface area contributed by atoms with Crippen molar-refractivity contribution in [1.29, 1.82) is 0 Å². The van der Waals surface area contributed by atoms with Gasteiger partial charge < -0.3 is 14.4 Å². The first kappa shape index (κ1) is 20.4. The summed E-state index contributed by atoms with van der Waals surface area (Å²) in [6, 6.07) is 16.2. The number of carbonyl (C=O) groups is 2. The molecule has 152 valence electrons. The van der Waals surface area contributed by atoms with Gasteiger partial charge in [-0.15, -0.1) is 0 Å². The highest BCUT2D eigenvalue weighted by Gasteiger charge is 2.16. The van der Waals surface area contributed by atoms with Crippen LogP contribution in [0.1, 0.15) is 24.8 Å². The molecule has 1 heterocycles. The number of para-hydroxylation sites is 1. The molecule has 0 radical (unpaired) electrons. The molecule has 7 nitrogen and oxygen atoms in total. The van der Waals surface area contributed by atoms with Crippen molar-refractivity contribution >= 4 is 18.0 Å². The van der Waals surface area contributed by atoms with Gasteiger partial charge in [-0.05, 0) is 61.2 Å². The van der Waals surface area contributed by atoms with Crippen molar-refractivity contribution in [2.24, 2.45) is 5.10 Å². The van der Waals surface area contributed by atoms with Gasteiger partial charge in [-0.3, -0.25) is 9.59 Å². The van der Waals surface area contributed by atoms with Crippen LogP contribution >= 0.6 is 0 Å². The Kier molecular flexibility index (Phi) is 7.63. The van der Waals surface area contributed by atoms with Crippen molar-refractivity contribution < 1.29 is 19.1 Å². The van der Waals surface area contributed by atoms with E-state index in [4.69, 9.17) is 9.47 Å². The molecule has 0 saturated carbocycles. The average Bonchev–Trinajstić information content (AvgIpc) is 2.78. The molecular weight excluding hydrogens is 370 g/mol. The van der Waals surface area contributed by atoms with E-state index in [1.54, 1.807) is 36.4 Å². The number of hydrogen-bond acceptors (Lipinski definition) is 5. The van der Waals surface area contributed by atoms with Crippen molar-refractivity contribution in [3.8, 4) is 11.5 Å². The Morgan fingerprint density at radius 2 is 1.55 bits per heavy atom. The quantitative estimate of drug-likeness (QED) is 0.550. The lowest BCUT2D eigenvalue weighted by atomic mass is 10.1. The first-order chi connectivity index (χ1) is 14.2. The van der Waals surface area contributed by atoms with Gasteiger partial charge in [-0.1, -0.05) is 18.2 Å². The van der Waals surface area contributed by atoms with Crippen molar-refractivity contribution in [2.45, 2.75) is 19.3 Å². The fourth-order valence-electron chi connectivity index (χ4n) is 2.91. The van der Waals surface area contributed by atoms with Crippen LogP contribution in [0.25, 0.3) is 0 Å². The monoisotopic (exact) mass is 395 g/mol. The number of carbonyl (C=O) groups excluding carboxylic acids is 2. The molecule has 1 aliphatic heterocycles. The number of nitrogens with one attached hydrogen (secondary N) is 1. The van der Waals surface area contributed by atoms with E-state index < -0.39 is 0 Å². The Labute approximate surface area is 170 Å². The molecule has 0 aliphatic carbocycles. The number of ether oxygens (including phenoxy) is 2. The Morgan fingerprint density at radius 3 is 2.28 bits per heavy atom. The van der Waals surface area contributed by atoms with E-state index in [1.165, 1.54) is 12.6 Å². The summed E-state index contributed by atoms with van der Waals surface area (Å²) in [4.78, 5) is 25.7. The molecule has 1 N–H and O–H groups in total. The highest BCUT2D eigenvalue weighted by atomic mass is 16.5. The number of piperidine rings is 1. The molecule has 0 spiro atoms. The lowest BCUT2D eigenvalue weighted by molar-refractivity contribution is -0.134. The Morgan fingerprint density at radius 1 is 0.897 bits per heavy atom. The van der Waals surface area contributed by atoms with Crippen molar-refractivity contribution in [1.82, 2.24) is 10.3 Å². The second kappa shape index (κ2) is 10.8. The third kappa shape index (κ3) is 6.95. The number of nitrogens with zero attached hydrogens (tertiary/aromatic N) is 2. The van der Waals surface area contributed by atoms with Crippen LogP contribution in [0.5, 0.6) is 11.5 Å². The normalized spacial score (nSPS) is 13.9. The fraction of sp³-hybridized carbons (Fsp3) is 0.318. The summed E-state index contributed by atoms with van der Waals surface area (Å²) in [6.07, 6.45) is 4.85. The number of rotatable bonds is 8. The maximum absolute atomic E-state index is 12.1. The molecule has 2 amide bonds. The minimum atomic E-state index is -0.346. The number of hydrogen-bond donors (Lipinski definition) is 1. The van der Waals surface area contributed by atoms with E-state index in [-0.39, 0.29) is 25.0 Å². The van der Waals surface area contributed by atoms with E-state index in [2.05, 4.69) is 10.5 Å². The van der Waals surface area contributed by atoms with Crippen LogP contribution in [0, 0.1) is 0 Å². The zero-order chi connectivity index (χ0) is 20.3. The third-order valence-corrected chi connectivity index (χ3v) is 4.47. The molecule has 2 aromatic rings. The van der Waals surface area contributed by atoms with Crippen LogP contribution in [0.4, 0.5) is 0 Å². The van der Waals surface area contributed by atoms with Gasteiger partial charge in [0.05, 0.1) is 6.21 Å². The summed E-state index contributed by atoms with van der Waals surface area (Å²) in [5.41, 5.74) is 3.21. The van der Waals surface area contributed by atoms with Gasteiger partial charge >= 0.3 is 0 Å². The molecule has 1 saturated heterocycles. The molecule has 2 aromatic carbocycles. The van der Waals surface area contributed by atoms with Gasteiger partial charge in [0.2, 0.25) is 0 Å². The Balaban J connectivity index is 1.38. The molecule has 0 aromatic heterocycles. The summed E-state index contributed by atoms with van der Waals surface area (Å²) in [5.74, 6) is 0.922. The van der Waals surface area contributed by atoms with Gasteiger partial charge in [0.1, 0.15) is 11.5 Å². The van der Waals surface area contributed by atoms with Gasteiger partial charge in [0.25, 0.3) is 11.8 Å². The van der Waals surface area contributed by atoms with Gasteiger partial charge in [-0.25, -0.2) is 5.43 Å². The summed E-state index contributed by atoms with van der Waals surface area (Å²) in [6.45, 7) is 1.57. The molecule has 0 unspecified atom stereocenters. The fourth-order valence-corrected chi connectivity index (χ4v) is 2.91. The summed E-state index contributed by atoms with van der Waals surface area (Å²) in [5, 5.41) is 3.91. The first-order valence-corrected chi connectivity index (χ1v) is 9.71. The van der Waals surface area contributed by atoms with Crippen LogP contribution in [-0.4, -0.2) is 49.2 Å². The molecule has 1 aliphatic rings. The van der Waals surface area contributed by atoms with E-state index in [1.807, 2.05) is 23.1 Å². The number of likely N-dealkylation sites (tertiary alicyclic amines) is 1. The second-order valence-corrected chi connectivity index (χ2v) is 6.69. The van der Waals surface area contributed by atoms with E-state index >= 15 is 0 Å². The molecule has 3 rings (SSSR count).